The lowest BCUT2D eigenvalue weighted by Gasteiger charge is -2.25. The molecule has 1 N–H and O–H groups in total. The molecule has 3 aromatic rings. The maximum Gasteiger partial charge on any atom is 0.338 e. The maximum absolute atomic E-state index is 13.6. The van der Waals surface area contributed by atoms with Gasteiger partial charge in [-0.15, -0.1) is 0 Å². The molecule has 0 saturated carbocycles. The average molecular weight is 589 g/mol. The molecule has 0 fully saturated rings. The fourth-order valence-corrected chi connectivity index (χ4v) is 5.40. The normalized spacial score (nSPS) is 15.7. The highest BCUT2D eigenvalue weighted by molar-refractivity contribution is 14.1. The minimum Gasteiger partial charge on any atom is -0.507 e. The van der Waals surface area contributed by atoms with Crippen molar-refractivity contribution in [2.75, 3.05) is 25.6 Å². The lowest BCUT2D eigenvalue weighted by molar-refractivity contribution is -0.139. The van der Waals surface area contributed by atoms with Crippen LogP contribution in [0.5, 0.6) is 5.75 Å². The van der Waals surface area contributed by atoms with E-state index in [1.165, 1.54) is 11.3 Å². The molecule has 1 atom stereocenters. The highest BCUT2D eigenvalue weighted by Gasteiger charge is 2.33. The van der Waals surface area contributed by atoms with Crippen molar-refractivity contribution >= 4 is 51.7 Å². The number of thiazole rings is 1. The zero-order chi connectivity index (χ0) is 24.6. The van der Waals surface area contributed by atoms with Gasteiger partial charge in [-0.2, -0.15) is 0 Å². The summed E-state index contributed by atoms with van der Waals surface area (Å²) in [5.74, 6) is -0.402. The first-order valence-electron chi connectivity index (χ1n) is 10.7. The van der Waals surface area contributed by atoms with Crippen molar-refractivity contribution in [3.63, 3.8) is 0 Å². The van der Waals surface area contributed by atoms with E-state index in [-0.39, 0.29) is 17.9 Å². The fourth-order valence-electron chi connectivity index (χ4n) is 3.84. The summed E-state index contributed by atoms with van der Waals surface area (Å²) in [6.07, 6.45) is 1.66. The number of allylic oxidation sites excluding steroid dienone is 1. The molecule has 0 radical (unpaired) electrons. The van der Waals surface area contributed by atoms with Crippen LogP contribution in [0.25, 0.3) is 6.08 Å². The molecule has 1 aliphatic rings. The molecule has 0 bridgehead atoms. The standard InChI is InChI=1S/C25H24IN3O4S/c1-5-33-24(32)21-14(2)27-25-29(22(21)15-6-9-18(10-7-15)28(3)4)23(31)20(34-25)13-16-12-17(26)8-11-19(16)30/h6-13,22,30H,5H2,1-4H3/b20-13-/t22-/m1/s1. The van der Waals surface area contributed by atoms with E-state index in [1.807, 2.05) is 43.3 Å². The smallest absolute Gasteiger partial charge is 0.338 e. The van der Waals surface area contributed by atoms with Gasteiger partial charge in [0.05, 0.1) is 28.5 Å². The summed E-state index contributed by atoms with van der Waals surface area (Å²) in [5.41, 5.74) is 2.92. The molecule has 0 aliphatic carbocycles. The molecule has 9 heteroatoms. The number of halogens is 1. The van der Waals surface area contributed by atoms with Crippen LogP contribution in [0.2, 0.25) is 0 Å². The van der Waals surface area contributed by atoms with Crippen LogP contribution in [0.4, 0.5) is 5.69 Å². The number of benzene rings is 2. The zero-order valence-corrected chi connectivity index (χ0v) is 22.2. The molecule has 0 saturated heterocycles. The molecule has 2 heterocycles. The first-order chi connectivity index (χ1) is 16.2. The zero-order valence-electron chi connectivity index (χ0n) is 19.2. The van der Waals surface area contributed by atoms with E-state index >= 15 is 0 Å². The van der Waals surface area contributed by atoms with Crippen LogP contribution in [0, 0.1) is 3.57 Å². The number of esters is 1. The Morgan fingerprint density at radius 3 is 2.62 bits per heavy atom. The second-order valence-electron chi connectivity index (χ2n) is 7.99. The summed E-state index contributed by atoms with van der Waals surface area (Å²) in [5, 5.41) is 10.3. The number of phenolic OH excluding ortho intramolecular Hbond substituents is 1. The third-order valence-electron chi connectivity index (χ3n) is 5.52. The lowest BCUT2D eigenvalue weighted by Crippen LogP contribution is -2.39. The Labute approximate surface area is 214 Å². The molecule has 34 heavy (non-hydrogen) atoms. The predicted molar refractivity (Wildman–Crippen MR) is 142 cm³/mol. The van der Waals surface area contributed by atoms with Gasteiger partial charge in [-0.05, 0) is 78.4 Å². The maximum atomic E-state index is 13.6. The summed E-state index contributed by atoms with van der Waals surface area (Å²) < 4.78 is 8.24. The number of fused-ring (bicyclic) bond motifs is 1. The highest BCUT2D eigenvalue weighted by Crippen LogP contribution is 2.31. The number of aromatic nitrogens is 1. The number of nitrogens with zero attached hydrogens (tertiary/aromatic N) is 3. The van der Waals surface area contributed by atoms with Crippen molar-refractivity contribution in [3.05, 3.63) is 88.1 Å². The largest absolute Gasteiger partial charge is 0.507 e. The van der Waals surface area contributed by atoms with Crippen molar-refractivity contribution in [1.29, 1.82) is 0 Å². The van der Waals surface area contributed by atoms with Crippen molar-refractivity contribution in [2.24, 2.45) is 4.99 Å². The van der Waals surface area contributed by atoms with Crippen molar-refractivity contribution in [1.82, 2.24) is 4.57 Å². The van der Waals surface area contributed by atoms with Crippen LogP contribution in [0.15, 0.2) is 63.5 Å². The number of carbonyl (C=O) groups excluding carboxylic acids is 1. The van der Waals surface area contributed by atoms with Crippen molar-refractivity contribution < 1.29 is 14.6 Å². The monoisotopic (exact) mass is 589 g/mol. The second kappa shape index (κ2) is 9.75. The number of hydrogen-bond donors (Lipinski definition) is 1. The summed E-state index contributed by atoms with van der Waals surface area (Å²) in [6, 6.07) is 12.3. The van der Waals surface area contributed by atoms with Crippen molar-refractivity contribution in [3.8, 4) is 5.75 Å². The second-order valence-corrected chi connectivity index (χ2v) is 10.2. The van der Waals surface area contributed by atoms with E-state index in [0.29, 0.717) is 26.2 Å². The quantitative estimate of drug-likeness (QED) is 0.365. The Morgan fingerprint density at radius 1 is 1.26 bits per heavy atom. The number of aromatic hydroxyl groups is 1. The topological polar surface area (TPSA) is 84.1 Å². The van der Waals surface area contributed by atoms with Gasteiger partial charge in [0.15, 0.2) is 4.80 Å². The molecule has 1 aromatic heterocycles. The van der Waals surface area contributed by atoms with Gasteiger partial charge in [0.2, 0.25) is 0 Å². The van der Waals surface area contributed by atoms with Gasteiger partial charge in [0.25, 0.3) is 5.56 Å². The number of phenols is 1. The van der Waals surface area contributed by atoms with E-state index in [0.717, 1.165) is 14.8 Å². The van der Waals surface area contributed by atoms with Gasteiger partial charge < -0.3 is 14.7 Å². The number of carbonyl (C=O) groups is 1. The SMILES string of the molecule is CCOC(=O)C1=C(C)N=c2s/c(=C\c3cc(I)ccc3O)c(=O)n2[C@@H]1c1ccc(N(C)C)cc1. The number of anilines is 1. The minimum absolute atomic E-state index is 0.0884. The van der Waals surface area contributed by atoms with E-state index in [4.69, 9.17) is 4.74 Å². The molecular weight excluding hydrogens is 565 g/mol. The molecule has 0 amide bonds. The van der Waals surface area contributed by atoms with Crippen LogP contribution < -0.4 is 19.8 Å². The molecule has 7 nitrogen and oxygen atoms in total. The third kappa shape index (κ3) is 4.54. The minimum atomic E-state index is -0.668. The van der Waals surface area contributed by atoms with Crippen LogP contribution in [-0.4, -0.2) is 36.3 Å². The average Bonchev–Trinajstić information content (AvgIpc) is 3.10. The molecule has 4 rings (SSSR count). The number of rotatable bonds is 5. The highest BCUT2D eigenvalue weighted by atomic mass is 127. The Balaban J connectivity index is 1.95. The fraction of sp³-hybridized carbons (Fsp3) is 0.240. The molecule has 0 spiro atoms. The van der Waals surface area contributed by atoms with Gasteiger partial charge in [-0.1, -0.05) is 23.5 Å². The third-order valence-corrected chi connectivity index (χ3v) is 7.17. The van der Waals surface area contributed by atoms with Crippen LogP contribution in [-0.2, 0) is 9.53 Å². The molecule has 2 aromatic carbocycles. The van der Waals surface area contributed by atoms with Crippen LogP contribution >= 0.6 is 33.9 Å². The Hall–Kier alpha value is -2.92. The summed E-state index contributed by atoms with van der Waals surface area (Å²) in [7, 11) is 3.90. The number of hydrogen-bond acceptors (Lipinski definition) is 7. The first-order valence-corrected chi connectivity index (χ1v) is 12.6. The van der Waals surface area contributed by atoms with Crippen molar-refractivity contribution in [2.45, 2.75) is 19.9 Å². The van der Waals surface area contributed by atoms with E-state index in [1.54, 1.807) is 42.7 Å². The van der Waals surface area contributed by atoms with E-state index in [2.05, 4.69) is 27.6 Å². The number of ether oxygens (including phenoxy) is 1. The predicted octanol–water partition coefficient (Wildman–Crippen LogP) is 3.17. The molecule has 0 unspecified atom stereocenters. The van der Waals surface area contributed by atoms with E-state index in [9.17, 15) is 14.7 Å². The summed E-state index contributed by atoms with van der Waals surface area (Å²) in [6.45, 7) is 3.73. The van der Waals surface area contributed by atoms with Gasteiger partial charge in [-0.25, -0.2) is 9.79 Å². The van der Waals surface area contributed by atoms with Gasteiger partial charge in [-0.3, -0.25) is 9.36 Å². The first kappa shape index (κ1) is 24.2. The summed E-state index contributed by atoms with van der Waals surface area (Å²) >= 11 is 3.39. The molecular formula is C25H24IN3O4S. The van der Waals surface area contributed by atoms with Crippen LogP contribution in [0.1, 0.15) is 31.0 Å². The summed E-state index contributed by atoms with van der Waals surface area (Å²) in [4.78, 5) is 33.6. The van der Waals surface area contributed by atoms with Crippen LogP contribution in [0.3, 0.4) is 0 Å². The van der Waals surface area contributed by atoms with Gasteiger partial charge >= 0.3 is 5.97 Å². The van der Waals surface area contributed by atoms with E-state index < -0.39 is 12.0 Å². The molecule has 176 valence electrons. The Bertz CT molecular complexity index is 1470. The van der Waals surface area contributed by atoms with Gasteiger partial charge in [0, 0.05) is 28.9 Å². The lowest BCUT2D eigenvalue weighted by atomic mass is 9.95. The Kier molecular flexibility index (Phi) is 6.94. The Morgan fingerprint density at radius 2 is 1.97 bits per heavy atom. The molecule has 1 aliphatic heterocycles. The van der Waals surface area contributed by atoms with Gasteiger partial charge in [0.1, 0.15) is 5.75 Å².